The number of aliphatic hydroxyl groups is 1. The molecule has 1 aliphatic rings. The maximum atomic E-state index is 10.9. The van der Waals surface area contributed by atoms with E-state index in [1.54, 1.807) is 0 Å². The maximum Gasteiger partial charge on any atom is 0.233 e. The lowest BCUT2D eigenvalue weighted by Crippen LogP contribution is -2.35. The number of hydrazine groups is 1. The normalized spacial score (nSPS) is 24.9. The van der Waals surface area contributed by atoms with E-state index in [-0.39, 0.29) is 12.0 Å². The molecule has 14 heavy (non-hydrogen) atoms. The molecule has 5 nitrogen and oxygen atoms in total. The van der Waals surface area contributed by atoms with Crippen LogP contribution in [0.2, 0.25) is 0 Å². The highest BCUT2D eigenvalue weighted by Gasteiger charge is 2.24. The van der Waals surface area contributed by atoms with Crippen LogP contribution in [0.25, 0.3) is 0 Å². The first-order chi connectivity index (χ1) is 6.63. The highest BCUT2D eigenvalue weighted by atomic mass is 16.3. The summed E-state index contributed by atoms with van der Waals surface area (Å²) in [5, 5.41) is 9.33. The standard InChI is InChI=1S/C9H19N3O2/c1-7(2-3-9(14)11-10)12-5-4-8(13)6-12/h7-8,13H,2-6,10H2,1H3,(H,11,14). The molecule has 1 amide bonds. The number of carbonyl (C=O) groups excluding carboxylic acids is 1. The van der Waals surface area contributed by atoms with Crippen LogP contribution in [0.15, 0.2) is 0 Å². The lowest BCUT2D eigenvalue weighted by molar-refractivity contribution is -0.121. The lowest BCUT2D eigenvalue weighted by Gasteiger charge is -2.23. The summed E-state index contributed by atoms with van der Waals surface area (Å²) in [5.74, 6) is 4.85. The molecular weight excluding hydrogens is 182 g/mol. The van der Waals surface area contributed by atoms with Crippen molar-refractivity contribution < 1.29 is 9.90 Å². The number of rotatable bonds is 4. The summed E-state index contributed by atoms with van der Waals surface area (Å²) in [5.41, 5.74) is 2.11. The van der Waals surface area contributed by atoms with Gasteiger partial charge in [0.25, 0.3) is 0 Å². The Labute approximate surface area is 84.2 Å². The van der Waals surface area contributed by atoms with Gasteiger partial charge >= 0.3 is 0 Å². The molecule has 1 saturated heterocycles. The Balaban J connectivity index is 2.21. The topological polar surface area (TPSA) is 78.6 Å². The van der Waals surface area contributed by atoms with E-state index >= 15 is 0 Å². The molecule has 0 aromatic heterocycles. The number of amides is 1. The van der Waals surface area contributed by atoms with Gasteiger partial charge in [-0.05, 0) is 19.8 Å². The first kappa shape index (κ1) is 11.4. The van der Waals surface area contributed by atoms with Crippen LogP contribution in [0.3, 0.4) is 0 Å². The summed E-state index contributed by atoms with van der Waals surface area (Å²) >= 11 is 0. The van der Waals surface area contributed by atoms with Gasteiger partial charge in [0.05, 0.1) is 6.10 Å². The van der Waals surface area contributed by atoms with Crippen LogP contribution in [-0.4, -0.2) is 41.1 Å². The fourth-order valence-corrected chi connectivity index (χ4v) is 1.76. The second-order valence-electron chi connectivity index (χ2n) is 3.89. The van der Waals surface area contributed by atoms with Crippen LogP contribution in [0.5, 0.6) is 0 Å². The largest absolute Gasteiger partial charge is 0.392 e. The highest BCUT2D eigenvalue weighted by molar-refractivity contribution is 5.75. The van der Waals surface area contributed by atoms with Gasteiger partial charge in [0, 0.05) is 25.6 Å². The molecule has 82 valence electrons. The zero-order valence-electron chi connectivity index (χ0n) is 8.57. The van der Waals surface area contributed by atoms with Gasteiger partial charge in [-0.3, -0.25) is 15.1 Å². The first-order valence-corrected chi connectivity index (χ1v) is 5.05. The summed E-state index contributed by atoms with van der Waals surface area (Å²) in [7, 11) is 0. The molecule has 2 unspecified atom stereocenters. The molecule has 1 rings (SSSR count). The average Bonchev–Trinajstić information content (AvgIpc) is 2.60. The molecule has 2 atom stereocenters. The Morgan fingerprint density at radius 1 is 1.79 bits per heavy atom. The molecule has 4 N–H and O–H groups in total. The molecule has 0 aliphatic carbocycles. The zero-order valence-corrected chi connectivity index (χ0v) is 8.57. The summed E-state index contributed by atoms with van der Waals surface area (Å²) < 4.78 is 0. The van der Waals surface area contributed by atoms with Crippen LogP contribution < -0.4 is 11.3 Å². The van der Waals surface area contributed by atoms with Crippen molar-refractivity contribution in [2.45, 2.75) is 38.3 Å². The van der Waals surface area contributed by atoms with E-state index in [4.69, 9.17) is 5.84 Å². The van der Waals surface area contributed by atoms with Crippen molar-refractivity contribution in [2.24, 2.45) is 5.84 Å². The number of nitrogens with one attached hydrogen (secondary N) is 1. The second-order valence-corrected chi connectivity index (χ2v) is 3.89. The molecular formula is C9H19N3O2. The predicted molar refractivity (Wildman–Crippen MR) is 53.2 cm³/mol. The Hall–Kier alpha value is -0.650. The summed E-state index contributed by atoms with van der Waals surface area (Å²) in [6, 6.07) is 0.337. The van der Waals surface area contributed by atoms with Crippen LogP contribution in [0, 0.1) is 0 Å². The summed E-state index contributed by atoms with van der Waals surface area (Å²) in [6.07, 6.45) is 1.88. The Morgan fingerprint density at radius 3 is 3.00 bits per heavy atom. The van der Waals surface area contributed by atoms with Crippen molar-refractivity contribution in [3.05, 3.63) is 0 Å². The van der Waals surface area contributed by atoms with Crippen LogP contribution in [0.1, 0.15) is 26.2 Å². The van der Waals surface area contributed by atoms with E-state index in [0.717, 1.165) is 25.9 Å². The van der Waals surface area contributed by atoms with Crippen LogP contribution in [0.4, 0.5) is 0 Å². The molecule has 0 radical (unpaired) electrons. The average molecular weight is 201 g/mol. The molecule has 0 bridgehead atoms. The van der Waals surface area contributed by atoms with E-state index in [9.17, 15) is 9.90 Å². The quantitative estimate of drug-likeness (QED) is 0.316. The van der Waals surface area contributed by atoms with E-state index in [0.29, 0.717) is 12.5 Å². The zero-order chi connectivity index (χ0) is 10.6. The molecule has 0 aromatic carbocycles. The molecule has 5 heteroatoms. The third-order valence-electron chi connectivity index (χ3n) is 2.77. The number of likely N-dealkylation sites (tertiary alicyclic amines) is 1. The number of hydrogen-bond acceptors (Lipinski definition) is 4. The highest BCUT2D eigenvalue weighted by Crippen LogP contribution is 2.15. The third kappa shape index (κ3) is 3.25. The molecule has 0 aromatic rings. The van der Waals surface area contributed by atoms with E-state index < -0.39 is 0 Å². The predicted octanol–water partition coefficient (Wildman–Crippen LogP) is -0.788. The Morgan fingerprint density at radius 2 is 2.50 bits per heavy atom. The number of hydrogen-bond donors (Lipinski definition) is 3. The molecule has 0 saturated carbocycles. The number of aliphatic hydroxyl groups excluding tert-OH is 1. The minimum Gasteiger partial charge on any atom is -0.392 e. The van der Waals surface area contributed by atoms with E-state index in [1.807, 2.05) is 0 Å². The van der Waals surface area contributed by atoms with Gasteiger partial charge in [-0.2, -0.15) is 0 Å². The lowest BCUT2D eigenvalue weighted by atomic mass is 10.1. The van der Waals surface area contributed by atoms with Crippen molar-refractivity contribution in [1.29, 1.82) is 0 Å². The number of β-amino-alcohol motifs (C(OH)–C–C–N with tert-alkyl or cyclic N) is 1. The van der Waals surface area contributed by atoms with Gasteiger partial charge < -0.3 is 5.11 Å². The fraction of sp³-hybridized carbons (Fsp3) is 0.889. The monoisotopic (exact) mass is 201 g/mol. The first-order valence-electron chi connectivity index (χ1n) is 5.05. The minimum atomic E-state index is -0.194. The third-order valence-corrected chi connectivity index (χ3v) is 2.77. The number of carbonyl (C=O) groups is 1. The van der Waals surface area contributed by atoms with Crippen molar-refractivity contribution >= 4 is 5.91 Å². The van der Waals surface area contributed by atoms with Gasteiger partial charge in [-0.15, -0.1) is 0 Å². The van der Waals surface area contributed by atoms with Gasteiger partial charge in [-0.25, -0.2) is 5.84 Å². The maximum absolute atomic E-state index is 10.9. The van der Waals surface area contributed by atoms with Crippen LogP contribution >= 0.6 is 0 Å². The van der Waals surface area contributed by atoms with E-state index in [1.165, 1.54) is 0 Å². The second kappa shape index (κ2) is 5.29. The molecule has 1 aliphatic heterocycles. The van der Waals surface area contributed by atoms with Crippen molar-refractivity contribution in [1.82, 2.24) is 10.3 Å². The van der Waals surface area contributed by atoms with E-state index in [2.05, 4.69) is 17.2 Å². The number of nitrogens with zero attached hydrogens (tertiary/aromatic N) is 1. The van der Waals surface area contributed by atoms with Gasteiger partial charge in [0.15, 0.2) is 0 Å². The molecule has 0 spiro atoms. The number of nitrogens with two attached hydrogens (primary N) is 1. The summed E-state index contributed by atoms with van der Waals surface area (Å²) in [4.78, 5) is 13.1. The SMILES string of the molecule is CC(CCC(=O)NN)N1CCC(O)C1. The molecule has 1 heterocycles. The Bertz CT molecular complexity index is 198. The Kier molecular flexibility index (Phi) is 4.31. The molecule has 1 fully saturated rings. The van der Waals surface area contributed by atoms with Gasteiger partial charge in [-0.1, -0.05) is 0 Å². The van der Waals surface area contributed by atoms with Gasteiger partial charge in [0.2, 0.25) is 5.91 Å². The minimum absolute atomic E-state index is 0.128. The van der Waals surface area contributed by atoms with Crippen molar-refractivity contribution in [3.8, 4) is 0 Å². The summed E-state index contributed by atoms with van der Waals surface area (Å²) in [6.45, 7) is 3.72. The smallest absolute Gasteiger partial charge is 0.233 e. The fourth-order valence-electron chi connectivity index (χ4n) is 1.76. The van der Waals surface area contributed by atoms with Gasteiger partial charge in [0.1, 0.15) is 0 Å². The van der Waals surface area contributed by atoms with Crippen LogP contribution in [-0.2, 0) is 4.79 Å². The van der Waals surface area contributed by atoms with Crippen molar-refractivity contribution in [3.63, 3.8) is 0 Å². The van der Waals surface area contributed by atoms with Crippen molar-refractivity contribution in [2.75, 3.05) is 13.1 Å².